The van der Waals surface area contributed by atoms with Gasteiger partial charge in [0, 0.05) is 15.9 Å². The zero-order chi connectivity index (χ0) is 11.5. The summed E-state index contributed by atoms with van der Waals surface area (Å²) in [6, 6.07) is 4.42. The van der Waals surface area contributed by atoms with Crippen LogP contribution in [0.4, 0.5) is 4.39 Å². The van der Waals surface area contributed by atoms with E-state index in [1.807, 2.05) is 12.3 Å². The van der Waals surface area contributed by atoms with E-state index in [4.69, 9.17) is 4.74 Å². The van der Waals surface area contributed by atoms with Crippen LogP contribution in [0, 0.1) is 5.82 Å². The SMILES string of the molecule is CCc1csc(Oc2cc(F)cc(Br)c2)n1. The molecule has 0 radical (unpaired) electrons. The van der Waals surface area contributed by atoms with Crippen LogP contribution in [0.1, 0.15) is 12.6 Å². The predicted octanol–water partition coefficient (Wildman–Crippen LogP) is 4.40. The Morgan fingerprint density at radius 2 is 2.25 bits per heavy atom. The molecule has 0 saturated carbocycles. The number of hydrogen-bond donors (Lipinski definition) is 0. The van der Waals surface area contributed by atoms with E-state index in [0.29, 0.717) is 15.4 Å². The number of thiazole rings is 1. The van der Waals surface area contributed by atoms with Crippen molar-refractivity contribution >= 4 is 27.3 Å². The average molecular weight is 302 g/mol. The van der Waals surface area contributed by atoms with Gasteiger partial charge in [0.1, 0.15) is 11.6 Å². The molecule has 2 aromatic rings. The van der Waals surface area contributed by atoms with Crippen LogP contribution in [-0.2, 0) is 6.42 Å². The summed E-state index contributed by atoms with van der Waals surface area (Å²) in [5.41, 5.74) is 0.982. The molecule has 0 fully saturated rings. The van der Waals surface area contributed by atoms with Crippen molar-refractivity contribution in [2.75, 3.05) is 0 Å². The summed E-state index contributed by atoms with van der Waals surface area (Å²) in [4.78, 5) is 4.24. The maximum absolute atomic E-state index is 13.1. The van der Waals surface area contributed by atoms with Gasteiger partial charge in [0.05, 0.1) is 5.69 Å². The van der Waals surface area contributed by atoms with Gasteiger partial charge < -0.3 is 4.74 Å². The van der Waals surface area contributed by atoms with Crippen LogP contribution < -0.4 is 4.74 Å². The minimum absolute atomic E-state index is 0.336. The summed E-state index contributed by atoms with van der Waals surface area (Å²) in [5.74, 6) is 0.112. The van der Waals surface area contributed by atoms with E-state index in [-0.39, 0.29) is 5.82 Å². The van der Waals surface area contributed by atoms with Gasteiger partial charge in [-0.05, 0) is 18.6 Å². The number of aryl methyl sites for hydroxylation is 1. The molecule has 1 aromatic carbocycles. The summed E-state index contributed by atoms with van der Waals surface area (Å²) in [6.07, 6.45) is 0.868. The second-order valence-corrected chi connectivity index (χ2v) is 4.90. The lowest BCUT2D eigenvalue weighted by Gasteiger charge is -2.02. The van der Waals surface area contributed by atoms with Gasteiger partial charge in [-0.25, -0.2) is 9.37 Å². The minimum Gasteiger partial charge on any atom is -0.431 e. The molecule has 0 amide bonds. The van der Waals surface area contributed by atoms with Gasteiger partial charge in [0.25, 0.3) is 5.19 Å². The van der Waals surface area contributed by atoms with E-state index < -0.39 is 0 Å². The average Bonchev–Trinajstić information content (AvgIpc) is 2.64. The van der Waals surface area contributed by atoms with Crippen molar-refractivity contribution in [3.05, 3.63) is 39.6 Å². The van der Waals surface area contributed by atoms with Crippen LogP contribution >= 0.6 is 27.3 Å². The topological polar surface area (TPSA) is 22.1 Å². The van der Waals surface area contributed by atoms with Crippen molar-refractivity contribution in [1.82, 2.24) is 4.98 Å². The third-order valence-corrected chi connectivity index (χ3v) is 3.16. The van der Waals surface area contributed by atoms with E-state index in [2.05, 4.69) is 20.9 Å². The molecule has 2 nitrogen and oxygen atoms in total. The van der Waals surface area contributed by atoms with Crippen molar-refractivity contribution in [3.8, 4) is 10.9 Å². The first-order valence-corrected chi connectivity index (χ1v) is 6.43. The highest BCUT2D eigenvalue weighted by Gasteiger charge is 2.05. The molecule has 0 aliphatic rings. The lowest BCUT2D eigenvalue weighted by molar-refractivity contribution is 0.471. The number of halogens is 2. The van der Waals surface area contributed by atoms with Crippen molar-refractivity contribution in [1.29, 1.82) is 0 Å². The van der Waals surface area contributed by atoms with Crippen molar-refractivity contribution in [2.45, 2.75) is 13.3 Å². The van der Waals surface area contributed by atoms with E-state index >= 15 is 0 Å². The zero-order valence-corrected chi connectivity index (χ0v) is 10.9. The number of benzene rings is 1. The summed E-state index contributed by atoms with van der Waals surface area (Å²) in [7, 11) is 0. The Hall–Kier alpha value is -0.940. The maximum atomic E-state index is 13.1. The van der Waals surface area contributed by atoms with Crippen LogP contribution in [-0.4, -0.2) is 4.98 Å². The molecular formula is C11H9BrFNOS. The molecule has 1 heterocycles. The van der Waals surface area contributed by atoms with Gasteiger partial charge in [-0.2, -0.15) is 0 Å². The second-order valence-electron chi connectivity index (χ2n) is 3.17. The van der Waals surface area contributed by atoms with Crippen LogP contribution in [0.5, 0.6) is 10.9 Å². The monoisotopic (exact) mass is 301 g/mol. The van der Waals surface area contributed by atoms with Crippen molar-refractivity contribution in [3.63, 3.8) is 0 Å². The summed E-state index contributed by atoms with van der Waals surface area (Å²) >= 11 is 4.62. The fourth-order valence-corrected chi connectivity index (χ4v) is 2.40. The van der Waals surface area contributed by atoms with E-state index in [1.165, 1.54) is 23.5 Å². The highest BCUT2D eigenvalue weighted by atomic mass is 79.9. The predicted molar refractivity (Wildman–Crippen MR) is 65.7 cm³/mol. The highest BCUT2D eigenvalue weighted by molar-refractivity contribution is 9.10. The van der Waals surface area contributed by atoms with Crippen molar-refractivity contribution in [2.24, 2.45) is 0 Å². The number of ether oxygens (including phenoxy) is 1. The number of aromatic nitrogens is 1. The smallest absolute Gasteiger partial charge is 0.278 e. The Balaban J connectivity index is 2.19. The molecule has 0 saturated heterocycles. The Morgan fingerprint density at radius 1 is 1.44 bits per heavy atom. The largest absolute Gasteiger partial charge is 0.431 e. The molecular weight excluding hydrogens is 293 g/mol. The quantitative estimate of drug-likeness (QED) is 0.838. The fourth-order valence-electron chi connectivity index (χ4n) is 1.19. The van der Waals surface area contributed by atoms with Gasteiger partial charge in [0.2, 0.25) is 0 Å². The molecule has 2 rings (SSSR count). The van der Waals surface area contributed by atoms with E-state index in [1.54, 1.807) is 6.07 Å². The molecule has 1 aromatic heterocycles. The third kappa shape index (κ3) is 2.80. The Labute approximate surface area is 105 Å². The lowest BCUT2D eigenvalue weighted by Crippen LogP contribution is -1.86. The van der Waals surface area contributed by atoms with E-state index in [0.717, 1.165) is 12.1 Å². The minimum atomic E-state index is -0.336. The number of hydrogen-bond acceptors (Lipinski definition) is 3. The molecule has 16 heavy (non-hydrogen) atoms. The molecule has 0 N–H and O–H groups in total. The van der Waals surface area contributed by atoms with Gasteiger partial charge in [-0.1, -0.05) is 34.2 Å². The third-order valence-electron chi connectivity index (χ3n) is 1.93. The molecule has 0 atom stereocenters. The first-order chi connectivity index (χ1) is 7.67. The zero-order valence-electron chi connectivity index (χ0n) is 8.54. The molecule has 0 aliphatic heterocycles. The Morgan fingerprint density at radius 3 is 2.88 bits per heavy atom. The maximum Gasteiger partial charge on any atom is 0.278 e. The van der Waals surface area contributed by atoms with Crippen molar-refractivity contribution < 1.29 is 9.13 Å². The molecule has 0 unspecified atom stereocenters. The van der Waals surface area contributed by atoms with Crippen LogP contribution in [0.25, 0.3) is 0 Å². The summed E-state index contributed by atoms with van der Waals surface area (Å²) in [6.45, 7) is 2.03. The number of nitrogens with zero attached hydrogens (tertiary/aromatic N) is 1. The first-order valence-electron chi connectivity index (χ1n) is 4.75. The van der Waals surface area contributed by atoms with Gasteiger partial charge in [0.15, 0.2) is 0 Å². The van der Waals surface area contributed by atoms with Gasteiger partial charge in [-0.3, -0.25) is 0 Å². The van der Waals surface area contributed by atoms with Gasteiger partial charge in [-0.15, -0.1) is 0 Å². The van der Waals surface area contributed by atoms with Crippen LogP contribution in [0.2, 0.25) is 0 Å². The Kier molecular flexibility index (Phi) is 3.56. The summed E-state index contributed by atoms with van der Waals surface area (Å²) in [5, 5.41) is 2.47. The molecule has 0 spiro atoms. The first kappa shape index (κ1) is 11.5. The molecule has 5 heteroatoms. The van der Waals surface area contributed by atoms with Gasteiger partial charge >= 0.3 is 0 Å². The highest BCUT2D eigenvalue weighted by Crippen LogP contribution is 2.28. The lowest BCUT2D eigenvalue weighted by atomic mass is 10.3. The normalized spacial score (nSPS) is 10.4. The van der Waals surface area contributed by atoms with E-state index in [9.17, 15) is 4.39 Å². The number of rotatable bonds is 3. The molecule has 84 valence electrons. The fraction of sp³-hybridized carbons (Fsp3) is 0.182. The molecule has 0 bridgehead atoms. The van der Waals surface area contributed by atoms with Crippen LogP contribution in [0.3, 0.4) is 0 Å². The second kappa shape index (κ2) is 4.93. The standard InChI is InChI=1S/C11H9BrFNOS/c1-2-9-6-16-11(14-9)15-10-4-7(12)3-8(13)5-10/h3-6H,2H2,1H3. The Bertz CT molecular complexity index is 480. The van der Waals surface area contributed by atoms with Crippen LogP contribution in [0.15, 0.2) is 28.1 Å². The summed E-state index contributed by atoms with van der Waals surface area (Å²) < 4.78 is 19.2. The molecule has 0 aliphatic carbocycles.